The minimum atomic E-state index is 0.653. The molecule has 60 valence electrons. The first-order valence-electron chi connectivity index (χ1n) is 3.84. The summed E-state index contributed by atoms with van der Waals surface area (Å²) in [6.07, 6.45) is 5.56. The van der Waals surface area contributed by atoms with Crippen LogP contribution in [0.15, 0.2) is 0 Å². The highest BCUT2D eigenvalue weighted by Crippen LogP contribution is 1.96. The normalized spacial score (nSPS) is 9.30. The van der Waals surface area contributed by atoms with E-state index in [9.17, 15) is 4.79 Å². The molecule has 1 amide bonds. The Morgan fingerprint density at radius 3 is 2.70 bits per heavy atom. The fraction of sp³-hybridized carbons (Fsp3) is 0.857. The van der Waals surface area contributed by atoms with E-state index in [1.165, 1.54) is 19.3 Å². The molecule has 0 aliphatic rings. The van der Waals surface area contributed by atoms with Gasteiger partial charge in [-0.05, 0) is 6.42 Å². The number of hydrazine groups is 1. The smallest absolute Gasteiger partial charge is 0.221 e. The van der Waals surface area contributed by atoms with Gasteiger partial charge in [-0.1, -0.05) is 26.2 Å². The molecule has 0 bridgehead atoms. The van der Waals surface area contributed by atoms with Crippen LogP contribution in [0.3, 0.4) is 0 Å². The van der Waals surface area contributed by atoms with Crippen LogP contribution in [0.4, 0.5) is 0 Å². The standard InChI is InChI=1S/C7H16N2O/c1-2-3-4-5-6-8-9-7-10/h7-8H,2-6H2,1H3,(H,9,10). The molecule has 0 saturated carbocycles. The van der Waals surface area contributed by atoms with Crippen LogP contribution in [0.2, 0.25) is 0 Å². The van der Waals surface area contributed by atoms with Crippen LogP contribution in [0, 0.1) is 0 Å². The van der Waals surface area contributed by atoms with Crippen molar-refractivity contribution in [1.29, 1.82) is 0 Å². The molecule has 3 nitrogen and oxygen atoms in total. The molecule has 0 unspecified atom stereocenters. The maximum absolute atomic E-state index is 9.72. The fourth-order valence-electron chi connectivity index (χ4n) is 0.754. The Balaban J connectivity index is 2.70. The van der Waals surface area contributed by atoms with Crippen LogP contribution in [0.25, 0.3) is 0 Å². The topological polar surface area (TPSA) is 41.1 Å². The van der Waals surface area contributed by atoms with E-state index in [4.69, 9.17) is 0 Å². The van der Waals surface area contributed by atoms with Crippen LogP contribution >= 0.6 is 0 Å². The third-order valence-electron chi connectivity index (χ3n) is 1.32. The van der Waals surface area contributed by atoms with Gasteiger partial charge in [-0.15, -0.1) is 0 Å². The number of amides is 1. The Kier molecular flexibility index (Phi) is 7.95. The highest BCUT2D eigenvalue weighted by molar-refractivity contribution is 5.44. The van der Waals surface area contributed by atoms with Crippen LogP contribution in [-0.2, 0) is 4.79 Å². The Morgan fingerprint density at radius 1 is 1.30 bits per heavy atom. The zero-order chi connectivity index (χ0) is 7.66. The Labute approximate surface area is 62.2 Å². The summed E-state index contributed by atoms with van der Waals surface area (Å²) in [6, 6.07) is 0. The van der Waals surface area contributed by atoms with Crippen molar-refractivity contribution in [2.24, 2.45) is 0 Å². The molecule has 0 aromatic heterocycles. The van der Waals surface area contributed by atoms with E-state index in [2.05, 4.69) is 17.8 Å². The highest BCUT2D eigenvalue weighted by atomic mass is 16.1. The molecule has 0 saturated heterocycles. The molecule has 0 fully saturated rings. The van der Waals surface area contributed by atoms with Gasteiger partial charge in [-0.2, -0.15) is 0 Å². The van der Waals surface area contributed by atoms with Gasteiger partial charge in [0.05, 0.1) is 0 Å². The van der Waals surface area contributed by atoms with Crippen molar-refractivity contribution in [3.05, 3.63) is 0 Å². The van der Waals surface area contributed by atoms with E-state index in [-0.39, 0.29) is 0 Å². The molecular formula is C7H16N2O. The van der Waals surface area contributed by atoms with Gasteiger partial charge in [0.2, 0.25) is 6.41 Å². The summed E-state index contributed by atoms with van der Waals surface area (Å²) in [4.78, 5) is 9.72. The lowest BCUT2D eigenvalue weighted by Crippen LogP contribution is -2.30. The first-order chi connectivity index (χ1) is 4.91. The monoisotopic (exact) mass is 144 g/mol. The van der Waals surface area contributed by atoms with Crippen molar-refractivity contribution in [3.8, 4) is 0 Å². The predicted octanol–water partition coefficient (Wildman–Crippen LogP) is 0.817. The quantitative estimate of drug-likeness (QED) is 0.315. The lowest BCUT2D eigenvalue weighted by Gasteiger charge is -2.00. The van der Waals surface area contributed by atoms with Crippen molar-refractivity contribution < 1.29 is 4.79 Å². The van der Waals surface area contributed by atoms with Gasteiger partial charge in [0.1, 0.15) is 0 Å². The van der Waals surface area contributed by atoms with E-state index < -0.39 is 0 Å². The molecule has 0 aromatic rings. The number of hydrogen-bond acceptors (Lipinski definition) is 2. The van der Waals surface area contributed by atoms with E-state index >= 15 is 0 Å². The zero-order valence-corrected chi connectivity index (χ0v) is 6.52. The van der Waals surface area contributed by atoms with Crippen molar-refractivity contribution in [2.75, 3.05) is 6.54 Å². The van der Waals surface area contributed by atoms with Crippen LogP contribution in [0.5, 0.6) is 0 Å². The molecule has 2 N–H and O–H groups in total. The van der Waals surface area contributed by atoms with Gasteiger partial charge in [0.15, 0.2) is 0 Å². The van der Waals surface area contributed by atoms with E-state index in [0.29, 0.717) is 6.41 Å². The number of nitrogens with one attached hydrogen (secondary N) is 2. The summed E-state index contributed by atoms with van der Waals surface area (Å²) >= 11 is 0. The number of carbonyl (C=O) groups excluding carboxylic acids is 1. The molecule has 0 radical (unpaired) electrons. The summed E-state index contributed by atoms with van der Waals surface area (Å²) in [5.74, 6) is 0. The summed E-state index contributed by atoms with van der Waals surface area (Å²) in [5.41, 5.74) is 5.17. The molecule has 0 aliphatic heterocycles. The molecule has 0 heterocycles. The highest BCUT2D eigenvalue weighted by Gasteiger charge is 1.85. The van der Waals surface area contributed by atoms with E-state index in [0.717, 1.165) is 13.0 Å². The van der Waals surface area contributed by atoms with Crippen LogP contribution in [-0.4, -0.2) is 13.0 Å². The maximum atomic E-state index is 9.72. The van der Waals surface area contributed by atoms with E-state index in [1.54, 1.807) is 0 Å². The number of hydrogen-bond donors (Lipinski definition) is 2. The number of rotatable bonds is 7. The zero-order valence-electron chi connectivity index (χ0n) is 6.52. The van der Waals surface area contributed by atoms with Crippen LogP contribution < -0.4 is 10.9 Å². The van der Waals surface area contributed by atoms with Gasteiger partial charge >= 0.3 is 0 Å². The summed E-state index contributed by atoms with van der Waals surface area (Å²) in [7, 11) is 0. The second kappa shape index (κ2) is 8.43. The molecule has 3 heteroatoms. The second-order valence-electron chi connectivity index (χ2n) is 2.25. The number of carbonyl (C=O) groups is 1. The van der Waals surface area contributed by atoms with Crippen molar-refractivity contribution in [2.45, 2.75) is 32.6 Å². The van der Waals surface area contributed by atoms with Crippen LogP contribution in [0.1, 0.15) is 32.6 Å². The molecule has 10 heavy (non-hydrogen) atoms. The summed E-state index contributed by atoms with van der Waals surface area (Å²) in [6.45, 7) is 3.05. The lowest BCUT2D eigenvalue weighted by atomic mass is 10.2. The molecule has 0 rings (SSSR count). The Bertz CT molecular complexity index is 76.0. The van der Waals surface area contributed by atoms with E-state index in [1.807, 2.05) is 0 Å². The second-order valence-corrected chi connectivity index (χ2v) is 2.25. The van der Waals surface area contributed by atoms with Gasteiger partial charge in [-0.3, -0.25) is 10.2 Å². The van der Waals surface area contributed by atoms with Gasteiger partial charge < -0.3 is 0 Å². The third kappa shape index (κ3) is 7.43. The molecule has 0 atom stereocenters. The average Bonchev–Trinajstić information content (AvgIpc) is 1.97. The Hall–Kier alpha value is -0.570. The Morgan fingerprint density at radius 2 is 2.10 bits per heavy atom. The maximum Gasteiger partial charge on any atom is 0.221 e. The molecule has 0 aliphatic carbocycles. The summed E-state index contributed by atoms with van der Waals surface area (Å²) < 4.78 is 0. The molecular weight excluding hydrogens is 128 g/mol. The van der Waals surface area contributed by atoms with Gasteiger partial charge in [0.25, 0.3) is 0 Å². The van der Waals surface area contributed by atoms with Crippen molar-refractivity contribution in [1.82, 2.24) is 10.9 Å². The lowest BCUT2D eigenvalue weighted by molar-refractivity contribution is -0.110. The first-order valence-corrected chi connectivity index (χ1v) is 3.84. The number of unbranched alkanes of at least 4 members (excludes halogenated alkanes) is 3. The van der Waals surface area contributed by atoms with Gasteiger partial charge in [-0.25, -0.2) is 5.43 Å². The average molecular weight is 144 g/mol. The largest absolute Gasteiger partial charge is 0.294 e. The minimum Gasteiger partial charge on any atom is -0.294 e. The third-order valence-corrected chi connectivity index (χ3v) is 1.32. The fourth-order valence-corrected chi connectivity index (χ4v) is 0.754. The van der Waals surface area contributed by atoms with Crippen molar-refractivity contribution >= 4 is 6.41 Å². The summed E-state index contributed by atoms with van der Waals surface area (Å²) in [5, 5.41) is 0. The predicted molar refractivity (Wildman–Crippen MR) is 41.3 cm³/mol. The first kappa shape index (κ1) is 9.43. The SMILES string of the molecule is CCCCCCNNC=O. The van der Waals surface area contributed by atoms with Crippen molar-refractivity contribution in [3.63, 3.8) is 0 Å². The van der Waals surface area contributed by atoms with Gasteiger partial charge in [0, 0.05) is 6.54 Å². The molecule has 0 aromatic carbocycles. The molecule has 0 spiro atoms. The minimum absolute atomic E-state index is 0.653.